The molecule has 1 aliphatic rings. The summed E-state index contributed by atoms with van der Waals surface area (Å²) in [5, 5.41) is 10.9. The van der Waals surface area contributed by atoms with Gasteiger partial charge in [0.2, 0.25) is 5.91 Å². The van der Waals surface area contributed by atoms with E-state index >= 15 is 0 Å². The predicted octanol–water partition coefficient (Wildman–Crippen LogP) is 3.85. The molecule has 1 aliphatic heterocycles. The Kier molecular flexibility index (Phi) is 7.42. The third kappa shape index (κ3) is 6.43. The van der Waals surface area contributed by atoms with Crippen molar-refractivity contribution in [1.29, 1.82) is 0 Å². The Morgan fingerprint density at radius 2 is 1.48 bits per heavy atom. The van der Waals surface area contributed by atoms with Crippen LogP contribution in [0.15, 0.2) is 48.5 Å². The lowest BCUT2D eigenvalue weighted by atomic mass is 9.97. The summed E-state index contributed by atoms with van der Waals surface area (Å²) in [6.07, 6.45) is 1.55. The van der Waals surface area contributed by atoms with Gasteiger partial charge in [0.05, 0.1) is 5.92 Å². The summed E-state index contributed by atoms with van der Waals surface area (Å²) in [5.41, 5.74) is 1.58. The highest BCUT2D eigenvalue weighted by Gasteiger charge is 2.28. The first-order valence-corrected chi connectivity index (χ1v) is 10.2. The minimum atomic E-state index is -0.465. The second-order valence-corrected chi connectivity index (χ2v) is 7.27. The number of nitrogens with zero attached hydrogens (tertiary/aromatic N) is 1. The normalized spacial score (nSPS) is 15.7. The highest BCUT2D eigenvalue weighted by Crippen LogP contribution is 2.19. The molecule has 4 N–H and O–H groups in total. The fraction of sp³-hybridized carbons (Fsp3) is 0.318. The number of rotatable bonds is 5. The molecule has 0 saturated carbocycles. The third-order valence-corrected chi connectivity index (χ3v) is 4.93. The maximum atomic E-state index is 12.9. The van der Waals surface area contributed by atoms with Gasteiger partial charge >= 0.3 is 12.1 Å². The Labute approximate surface area is 180 Å². The quantitative estimate of drug-likeness (QED) is 0.583. The van der Waals surface area contributed by atoms with E-state index in [9.17, 15) is 18.8 Å². The standard InChI is InChI=1S/C22H26FN5O3/c1-2-24-20(29)15-4-3-13-28(14-15)22(31)27-19-11-9-18(10-12-19)26-21(30)25-17-7-5-16(23)6-8-17/h5-12,15H,2-4,13-14H2,1H3,(H,24,29)(H,27,31)(H2,25,26,30). The second-order valence-electron chi connectivity index (χ2n) is 7.27. The summed E-state index contributed by atoms with van der Waals surface area (Å²) >= 11 is 0. The molecule has 1 unspecified atom stereocenters. The van der Waals surface area contributed by atoms with Crippen molar-refractivity contribution in [3.8, 4) is 0 Å². The molecule has 0 aliphatic carbocycles. The van der Waals surface area contributed by atoms with Crippen molar-refractivity contribution in [2.45, 2.75) is 19.8 Å². The first-order valence-electron chi connectivity index (χ1n) is 10.2. The van der Waals surface area contributed by atoms with Crippen LogP contribution in [0, 0.1) is 11.7 Å². The largest absolute Gasteiger partial charge is 0.356 e. The van der Waals surface area contributed by atoms with Gasteiger partial charge < -0.3 is 26.2 Å². The number of piperidine rings is 1. The fourth-order valence-corrected chi connectivity index (χ4v) is 3.36. The summed E-state index contributed by atoms with van der Waals surface area (Å²) in [6.45, 7) is 3.44. The van der Waals surface area contributed by atoms with E-state index in [1.807, 2.05) is 6.92 Å². The predicted molar refractivity (Wildman–Crippen MR) is 117 cm³/mol. The number of carbonyl (C=O) groups is 3. The van der Waals surface area contributed by atoms with Crippen molar-refractivity contribution < 1.29 is 18.8 Å². The van der Waals surface area contributed by atoms with Crippen molar-refractivity contribution in [2.24, 2.45) is 5.92 Å². The molecule has 3 rings (SSSR count). The van der Waals surface area contributed by atoms with Crippen LogP contribution in [0.5, 0.6) is 0 Å². The molecule has 2 aromatic rings. The molecule has 9 heteroatoms. The van der Waals surface area contributed by atoms with Gasteiger partial charge in [0.25, 0.3) is 0 Å². The average molecular weight is 427 g/mol. The van der Waals surface area contributed by atoms with Crippen LogP contribution in [-0.2, 0) is 4.79 Å². The highest BCUT2D eigenvalue weighted by atomic mass is 19.1. The second kappa shape index (κ2) is 10.4. The zero-order chi connectivity index (χ0) is 22.2. The molecule has 0 bridgehead atoms. The summed E-state index contributed by atoms with van der Waals surface area (Å²) < 4.78 is 12.9. The van der Waals surface area contributed by atoms with Gasteiger partial charge in [0.15, 0.2) is 0 Å². The molecule has 1 saturated heterocycles. The van der Waals surface area contributed by atoms with Gasteiger partial charge in [-0.2, -0.15) is 0 Å². The minimum Gasteiger partial charge on any atom is -0.356 e. The smallest absolute Gasteiger partial charge is 0.323 e. The van der Waals surface area contributed by atoms with E-state index in [0.29, 0.717) is 36.7 Å². The number of likely N-dealkylation sites (tertiary alicyclic amines) is 1. The molecule has 0 aromatic heterocycles. The van der Waals surface area contributed by atoms with E-state index in [2.05, 4.69) is 21.3 Å². The number of halogens is 1. The third-order valence-electron chi connectivity index (χ3n) is 4.93. The number of nitrogens with one attached hydrogen (secondary N) is 4. The molecule has 31 heavy (non-hydrogen) atoms. The molecule has 5 amide bonds. The van der Waals surface area contributed by atoms with Crippen molar-refractivity contribution >= 4 is 35.0 Å². The van der Waals surface area contributed by atoms with Gasteiger partial charge in [-0.15, -0.1) is 0 Å². The van der Waals surface area contributed by atoms with Crippen molar-refractivity contribution in [3.63, 3.8) is 0 Å². The number of benzene rings is 2. The molecule has 164 valence electrons. The average Bonchev–Trinajstić information content (AvgIpc) is 2.77. The van der Waals surface area contributed by atoms with E-state index in [4.69, 9.17) is 0 Å². The highest BCUT2D eigenvalue weighted by molar-refractivity contribution is 6.00. The van der Waals surface area contributed by atoms with E-state index < -0.39 is 6.03 Å². The van der Waals surface area contributed by atoms with Crippen LogP contribution in [-0.4, -0.2) is 42.5 Å². The number of urea groups is 2. The van der Waals surface area contributed by atoms with Crippen molar-refractivity contribution in [2.75, 3.05) is 35.6 Å². The zero-order valence-corrected chi connectivity index (χ0v) is 17.3. The van der Waals surface area contributed by atoms with E-state index in [1.165, 1.54) is 24.3 Å². The summed E-state index contributed by atoms with van der Waals surface area (Å²) in [4.78, 5) is 38.3. The molecule has 1 atom stereocenters. The molecular weight excluding hydrogens is 401 g/mol. The molecule has 2 aromatic carbocycles. The molecular formula is C22H26FN5O3. The topological polar surface area (TPSA) is 103 Å². The Morgan fingerprint density at radius 3 is 2.06 bits per heavy atom. The number of amides is 5. The molecule has 8 nitrogen and oxygen atoms in total. The van der Waals surface area contributed by atoms with Crippen LogP contribution in [0.2, 0.25) is 0 Å². The van der Waals surface area contributed by atoms with Crippen LogP contribution in [0.4, 0.5) is 31.0 Å². The lowest BCUT2D eigenvalue weighted by molar-refractivity contribution is -0.126. The number of hydrogen-bond acceptors (Lipinski definition) is 3. The molecule has 1 fully saturated rings. The van der Waals surface area contributed by atoms with Crippen molar-refractivity contribution in [1.82, 2.24) is 10.2 Å². The number of anilines is 3. The summed E-state index contributed by atoms with van der Waals surface area (Å²) in [5.74, 6) is -0.590. The Morgan fingerprint density at radius 1 is 0.935 bits per heavy atom. The van der Waals surface area contributed by atoms with Gasteiger partial charge in [-0.1, -0.05) is 0 Å². The van der Waals surface area contributed by atoms with E-state index in [-0.39, 0.29) is 23.7 Å². The van der Waals surface area contributed by atoms with Gasteiger partial charge in [0, 0.05) is 36.7 Å². The van der Waals surface area contributed by atoms with Crippen LogP contribution in [0.1, 0.15) is 19.8 Å². The maximum absolute atomic E-state index is 12.9. The first kappa shape index (κ1) is 22.1. The Balaban J connectivity index is 1.50. The lowest BCUT2D eigenvalue weighted by Crippen LogP contribution is -2.46. The molecule has 0 radical (unpaired) electrons. The maximum Gasteiger partial charge on any atom is 0.323 e. The van der Waals surface area contributed by atoms with Gasteiger partial charge in [-0.3, -0.25) is 4.79 Å². The summed E-state index contributed by atoms with van der Waals surface area (Å²) in [6, 6.07) is 11.4. The van der Waals surface area contributed by atoms with E-state index in [0.717, 1.165) is 12.8 Å². The molecule has 1 heterocycles. The first-order chi connectivity index (χ1) is 14.9. The van der Waals surface area contributed by atoms with Crippen LogP contribution in [0.3, 0.4) is 0 Å². The minimum absolute atomic E-state index is 0.0191. The Bertz CT molecular complexity index is 918. The number of carbonyl (C=O) groups excluding carboxylic acids is 3. The van der Waals surface area contributed by atoms with E-state index in [1.54, 1.807) is 29.2 Å². The SMILES string of the molecule is CCNC(=O)C1CCCN(C(=O)Nc2ccc(NC(=O)Nc3ccc(F)cc3)cc2)C1. The lowest BCUT2D eigenvalue weighted by Gasteiger charge is -2.32. The Hall–Kier alpha value is -3.62. The van der Waals surface area contributed by atoms with Gasteiger partial charge in [-0.05, 0) is 68.3 Å². The monoisotopic (exact) mass is 427 g/mol. The van der Waals surface area contributed by atoms with Crippen molar-refractivity contribution in [3.05, 3.63) is 54.3 Å². The van der Waals surface area contributed by atoms with Gasteiger partial charge in [0.1, 0.15) is 5.82 Å². The van der Waals surface area contributed by atoms with Gasteiger partial charge in [-0.25, -0.2) is 14.0 Å². The van der Waals surface area contributed by atoms with Crippen LogP contribution in [0.25, 0.3) is 0 Å². The zero-order valence-electron chi connectivity index (χ0n) is 17.3. The van der Waals surface area contributed by atoms with Crippen LogP contribution >= 0.6 is 0 Å². The fourth-order valence-electron chi connectivity index (χ4n) is 3.36. The number of hydrogen-bond donors (Lipinski definition) is 4. The summed E-state index contributed by atoms with van der Waals surface area (Å²) in [7, 11) is 0. The van der Waals surface area contributed by atoms with Crippen LogP contribution < -0.4 is 21.3 Å². The molecule has 0 spiro atoms.